The van der Waals surface area contributed by atoms with Crippen molar-refractivity contribution >= 4 is 21.8 Å². The summed E-state index contributed by atoms with van der Waals surface area (Å²) >= 11 is 3.41. The van der Waals surface area contributed by atoms with Crippen molar-refractivity contribution in [3.05, 3.63) is 34.3 Å². The molecule has 3 heteroatoms. The Bertz CT molecular complexity index is 390. The molecular formula is C15H22BrNO. The third-order valence-corrected chi connectivity index (χ3v) is 3.22. The molecule has 0 bridgehead atoms. The first-order valence-corrected chi connectivity index (χ1v) is 7.38. The smallest absolute Gasteiger partial charge is 0.253 e. The van der Waals surface area contributed by atoms with Crippen molar-refractivity contribution in [2.75, 3.05) is 13.1 Å². The van der Waals surface area contributed by atoms with Gasteiger partial charge in [0.25, 0.3) is 5.91 Å². The van der Waals surface area contributed by atoms with Crippen LogP contribution < -0.4 is 0 Å². The lowest BCUT2D eigenvalue weighted by molar-refractivity contribution is 0.0733. The average molecular weight is 312 g/mol. The van der Waals surface area contributed by atoms with Gasteiger partial charge in [0.05, 0.1) is 0 Å². The van der Waals surface area contributed by atoms with E-state index in [1.54, 1.807) is 0 Å². The van der Waals surface area contributed by atoms with Gasteiger partial charge in [-0.25, -0.2) is 0 Å². The van der Waals surface area contributed by atoms with E-state index in [2.05, 4.69) is 36.7 Å². The summed E-state index contributed by atoms with van der Waals surface area (Å²) in [7, 11) is 0. The number of unbranched alkanes of at least 4 members (excludes halogenated alkanes) is 1. The molecule has 1 amide bonds. The summed E-state index contributed by atoms with van der Waals surface area (Å²) < 4.78 is 0.952. The summed E-state index contributed by atoms with van der Waals surface area (Å²) in [5.74, 6) is 0.636. The first kappa shape index (κ1) is 15.2. The van der Waals surface area contributed by atoms with E-state index >= 15 is 0 Å². The van der Waals surface area contributed by atoms with Gasteiger partial charge in [0.15, 0.2) is 0 Å². The van der Waals surface area contributed by atoms with Gasteiger partial charge in [-0.1, -0.05) is 49.2 Å². The van der Waals surface area contributed by atoms with E-state index in [1.165, 1.54) is 0 Å². The molecule has 1 aromatic carbocycles. The summed E-state index contributed by atoms with van der Waals surface area (Å²) in [6.45, 7) is 8.11. The fourth-order valence-electron chi connectivity index (χ4n) is 1.87. The van der Waals surface area contributed by atoms with Gasteiger partial charge >= 0.3 is 0 Å². The second-order valence-corrected chi connectivity index (χ2v) is 5.92. The van der Waals surface area contributed by atoms with Gasteiger partial charge in [-0.2, -0.15) is 0 Å². The Morgan fingerprint density at radius 3 is 2.67 bits per heavy atom. The van der Waals surface area contributed by atoms with Crippen molar-refractivity contribution in [1.82, 2.24) is 4.90 Å². The number of halogens is 1. The van der Waals surface area contributed by atoms with Crippen LogP contribution >= 0.6 is 15.9 Å². The number of carbonyl (C=O) groups is 1. The fraction of sp³-hybridized carbons (Fsp3) is 0.533. The molecule has 0 heterocycles. The minimum absolute atomic E-state index is 0.137. The third-order valence-electron chi connectivity index (χ3n) is 2.73. The molecule has 0 N–H and O–H groups in total. The summed E-state index contributed by atoms with van der Waals surface area (Å²) in [5, 5.41) is 0. The maximum absolute atomic E-state index is 12.4. The lowest BCUT2D eigenvalue weighted by Gasteiger charge is -2.24. The minimum Gasteiger partial charge on any atom is -0.338 e. The van der Waals surface area contributed by atoms with E-state index in [-0.39, 0.29) is 5.91 Å². The quantitative estimate of drug-likeness (QED) is 0.765. The van der Waals surface area contributed by atoms with Crippen LogP contribution in [0, 0.1) is 5.92 Å². The van der Waals surface area contributed by atoms with E-state index in [4.69, 9.17) is 0 Å². The first-order valence-electron chi connectivity index (χ1n) is 6.59. The Morgan fingerprint density at radius 1 is 1.39 bits per heavy atom. The highest BCUT2D eigenvalue weighted by atomic mass is 79.9. The standard InChI is InChI=1S/C15H22BrNO/c1-4-5-9-17(11-12(2)3)15(18)13-7-6-8-14(16)10-13/h6-8,10,12H,4-5,9,11H2,1-3H3. The zero-order chi connectivity index (χ0) is 13.5. The molecule has 0 aliphatic heterocycles. The number of amides is 1. The van der Waals surface area contributed by atoms with Crippen LogP contribution in [-0.2, 0) is 0 Å². The molecule has 0 spiro atoms. The van der Waals surface area contributed by atoms with Crippen LogP contribution in [0.5, 0.6) is 0 Å². The molecular weight excluding hydrogens is 290 g/mol. The number of nitrogens with zero attached hydrogens (tertiary/aromatic N) is 1. The lowest BCUT2D eigenvalue weighted by Crippen LogP contribution is -2.35. The molecule has 18 heavy (non-hydrogen) atoms. The molecule has 0 saturated heterocycles. The number of hydrogen-bond acceptors (Lipinski definition) is 1. The molecule has 2 nitrogen and oxygen atoms in total. The molecule has 0 radical (unpaired) electrons. The highest BCUT2D eigenvalue weighted by Crippen LogP contribution is 2.15. The lowest BCUT2D eigenvalue weighted by atomic mass is 10.1. The summed E-state index contributed by atoms with van der Waals surface area (Å²) in [6.07, 6.45) is 2.17. The number of rotatable bonds is 6. The van der Waals surface area contributed by atoms with Gasteiger partial charge in [-0.05, 0) is 30.5 Å². The largest absolute Gasteiger partial charge is 0.338 e. The van der Waals surface area contributed by atoms with Crippen molar-refractivity contribution in [1.29, 1.82) is 0 Å². The Balaban J connectivity index is 2.80. The molecule has 0 fully saturated rings. The van der Waals surface area contributed by atoms with Gasteiger partial charge in [0, 0.05) is 23.1 Å². The van der Waals surface area contributed by atoms with E-state index in [1.807, 2.05) is 29.2 Å². The van der Waals surface area contributed by atoms with Gasteiger partial charge in [-0.15, -0.1) is 0 Å². The van der Waals surface area contributed by atoms with Crippen molar-refractivity contribution in [3.8, 4) is 0 Å². The maximum Gasteiger partial charge on any atom is 0.253 e. The van der Waals surface area contributed by atoms with Crippen molar-refractivity contribution in [2.24, 2.45) is 5.92 Å². The molecule has 1 rings (SSSR count). The molecule has 0 atom stereocenters. The molecule has 1 aromatic rings. The van der Waals surface area contributed by atoms with E-state index in [9.17, 15) is 4.79 Å². The second kappa shape index (κ2) is 7.57. The van der Waals surface area contributed by atoms with Gasteiger partial charge < -0.3 is 4.90 Å². The van der Waals surface area contributed by atoms with Gasteiger partial charge in [-0.3, -0.25) is 4.79 Å². The zero-order valence-electron chi connectivity index (χ0n) is 11.4. The summed E-state index contributed by atoms with van der Waals surface area (Å²) in [6, 6.07) is 7.62. The monoisotopic (exact) mass is 311 g/mol. The summed E-state index contributed by atoms with van der Waals surface area (Å²) in [4.78, 5) is 14.4. The Kier molecular flexibility index (Phi) is 6.41. The molecule has 0 saturated carbocycles. The SMILES string of the molecule is CCCCN(CC(C)C)C(=O)c1cccc(Br)c1. The second-order valence-electron chi connectivity index (χ2n) is 5.01. The Labute approximate surface area is 119 Å². The maximum atomic E-state index is 12.4. The minimum atomic E-state index is 0.137. The molecule has 0 aliphatic rings. The number of carbonyl (C=O) groups excluding carboxylic acids is 1. The highest BCUT2D eigenvalue weighted by Gasteiger charge is 2.16. The number of benzene rings is 1. The first-order chi connectivity index (χ1) is 8.54. The van der Waals surface area contributed by atoms with Crippen LogP contribution in [0.1, 0.15) is 44.0 Å². The normalized spacial score (nSPS) is 10.7. The average Bonchev–Trinajstić information content (AvgIpc) is 2.33. The predicted octanol–water partition coefficient (Wildman–Crippen LogP) is 4.35. The van der Waals surface area contributed by atoms with Crippen molar-refractivity contribution < 1.29 is 4.79 Å². The highest BCUT2D eigenvalue weighted by molar-refractivity contribution is 9.10. The van der Waals surface area contributed by atoms with E-state index in [0.29, 0.717) is 5.92 Å². The van der Waals surface area contributed by atoms with Gasteiger partial charge in [0.1, 0.15) is 0 Å². The van der Waals surface area contributed by atoms with Crippen molar-refractivity contribution in [3.63, 3.8) is 0 Å². The predicted molar refractivity (Wildman–Crippen MR) is 79.8 cm³/mol. The van der Waals surface area contributed by atoms with Crippen LogP contribution in [0.15, 0.2) is 28.7 Å². The van der Waals surface area contributed by atoms with Crippen LogP contribution in [0.2, 0.25) is 0 Å². The zero-order valence-corrected chi connectivity index (χ0v) is 13.0. The van der Waals surface area contributed by atoms with Crippen LogP contribution in [-0.4, -0.2) is 23.9 Å². The topological polar surface area (TPSA) is 20.3 Å². The Morgan fingerprint density at radius 2 is 2.11 bits per heavy atom. The third kappa shape index (κ3) is 4.81. The molecule has 0 aromatic heterocycles. The molecule has 0 unspecified atom stereocenters. The van der Waals surface area contributed by atoms with E-state index < -0.39 is 0 Å². The molecule has 0 aliphatic carbocycles. The number of hydrogen-bond donors (Lipinski definition) is 0. The van der Waals surface area contributed by atoms with Crippen molar-refractivity contribution in [2.45, 2.75) is 33.6 Å². The Hall–Kier alpha value is -0.830. The summed E-state index contributed by atoms with van der Waals surface area (Å²) in [5.41, 5.74) is 0.765. The fourth-order valence-corrected chi connectivity index (χ4v) is 2.27. The van der Waals surface area contributed by atoms with E-state index in [0.717, 1.165) is 36.0 Å². The molecule has 100 valence electrons. The van der Waals surface area contributed by atoms with Gasteiger partial charge in [0.2, 0.25) is 0 Å². The van der Waals surface area contributed by atoms with Crippen LogP contribution in [0.4, 0.5) is 0 Å². The van der Waals surface area contributed by atoms with Crippen LogP contribution in [0.25, 0.3) is 0 Å². The van der Waals surface area contributed by atoms with Crippen LogP contribution in [0.3, 0.4) is 0 Å².